The third kappa shape index (κ3) is 3.35. The summed E-state index contributed by atoms with van der Waals surface area (Å²) in [6, 6.07) is 19.6. The van der Waals surface area contributed by atoms with Gasteiger partial charge in [0.15, 0.2) is 0 Å². The van der Waals surface area contributed by atoms with Crippen LogP contribution in [0.4, 0.5) is 0 Å². The molecule has 5 heteroatoms. The van der Waals surface area contributed by atoms with Crippen molar-refractivity contribution in [3.8, 4) is 22.6 Å². The summed E-state index contributed by atoms with van der Waals surface area (Å²) >= 11 is 0. The topological polar surface area (TPSA) is 99.3 Å². The predicted molar refractivity (Wildman–Crippen MR) is 110 cm³/mol. The van der Waals surface area contributed by atoms with E-state index in [-0.39, 0.29) is 23.1 Å². The number of nitrogens with one attached hydrogen (secondary N) is 1. The molecule has 4 aromatic rings. The summed E-state index contributed by atoms with van der Waals surface area (Å²) in [6.07, 6.45) is 2.28. The second-order valence-corrected chi connectivity index (χ2v) is 6.83. The van der Waals surface area contributed by atoms with Crippen LogP contribution in [0.2, 0.25) is 0 Å². The molecule has 0 aliphatic rings. The quantitative estimate of drug-likeness (QED) is 0.437. The number of hydrogen-bond acceptors (Lipinski definition) is 4. The fraction of sp³-hybridized carbons (Fsp3) is 0.0870. The Balaban J connectivity index is 1.65. The fourth-order valence-corrected chi connectivity index (χ4v) is 3.44. The number of phenols is 2. The van der Waals surface area contributed by atoms with Gasteiger partial charge in [0.2, 0.25) is 0 Å². The minimum atomic E-state index is -0.234. The third-order valence-electron chi connectivity index (χ3n) is 4.95. The standard InChI is InChI=1S/C23H20N2O3/c24-20(12-14-4-10-17(26)11-5-14)16-8-6-15(7-9-16)19-13-25-23(28)18-2-1-3-21(27)22(18)19/h1-11,13,20,26-27H,12,24H2,(H,25,28). The molecule has 28 heavy (non-hydrogen) atoms. The van der Waals surface area contributed by atoms with Crippen LogP contribution in [0, 0.1) is 0 Å². The van der Waals surface area contributed by atoms with E-state index in [1.807, 2.05) is 36.4 Å². The lowest BCUT2D eigenvalue weighted by molar-refractivity contribution is 0.475. The molecule has 1 atom stereocenters. The molecule has 0 amide bonds. The second-order valence-electron chi connectivity index (χ2n) is 6.83. The molecule has 0 saturated carbocycles. The largest absolute Gasteiger partial charge is 0.508 e. The molecule has 1 unspecified atom stereocenters. The lowest BCUT2D eigenvalue weighted by atomic mass is 9.95. The molecule has 0 aliphatic heterocycles. The number of rotatable bonds is 4. The van der Waals surface area contributed by atoms with Gasteiger partial charge in [-0.1, -0.05) is 42.5 Å². The number of H-pyrrole nitrogens is 1. The SMILES string of the molecule is NC(Cc1ccc(O)cc1)c1ccc(-c2c[nH]c(=O)c3cccc(O)c23)cc1. The van der Waals surface area contributed by atoms with Crippen molar-refractivity contribution in [2.24, 2.45) is 5.73 Å². The van der Waals surface area contributed by atoms with Crippen molar-refractivity contribution in [1.82, 2.24) is 4.98 Å². The summed E-state index contributed by atoms with van der Waals surface area (Å²) in [5, 5.41) is 20.6. The van der Waals surface area contributed by atoms with Crippen molar-refractivity contribution in [1.29, 1.82) is 0 Å². The second kappa shape index (κ2) is 7.21. The molecule has 5 N–H and O–H groups in total. The highest BCUT2D eigenvalue weighted by molar-refractivity contribution is 5.99. The van der Waals surface area contributed by atoms with E-state index in [2.05, 4.69) is 4.98 Å². The summed E-state index contributed by atoms with van der Waals surface area (Å²) < 4.78 is 0. The zero-order valence-corrected chi connectivity index (χ0v) is 15.1. The van der Waals surface area contributed by atoms with Crippen molar-refractivity contribution in [3.63, 3.8) is 0 Å². The molecule has 0 fully saturated rings. The van der Waals surface area contributed by atoms with Gasteiger partial charge in [-0.25, -0.2) is 0 Å². The molecule has 0 aliphatic carbocycles. The normalized spacial score (nSPS) is 12.2. The van der Waals surface area contributed by atoms with Crippen molar-refractivity contribution in [2.75, 3.05) is 0 Å². The minimum Gasteiger partial charge on any atom is -0.508 e. The van der Waals surface area contributed by atoms with E-state index in [0.29, 0.717) is 17.2 Å². The number of phenolic OH excluding ortho intramolecular Hbond substituents is 2. The van der Waals surface area contributed by atoms with Gasteiger partial charge >= 0.3 is 0 Å². The Kier molecular flexibility index (Phi) is 4.59. The Morgan fingerprint density at radius 1 is 0.929 bits per heavy atom. The maximum Gasteiger partial charge on any atom is 0.255 e. The fourth-order valence-electron chi connectivity index (χ4n) is 3.44. The Hall–Kier alpha value is -3.57. The van der Waals surface area contributed by atoms with Crippen molar-refractivity contribution < 1.29 is 10.2 Å². The summed E-state index contributed by atoms with van der Waals surface area (Å²) in [6.45, 7) is 0. The van der Waals surface area contributed by atoms with Gasteiger partial charge in [0.05, 0.1) is 5.39 Å². The van der Waals surface area contributed by atoms with Gasteiger partial charge in [-0.15, -0.1) is 0 Å². The van der Waals surface area contributed by atoms with Crippen molar-refractivity contribution >= 4 is 10.8 Å². The number of aromatic amines is 1. The number of hydrogen-bond donors (Lipinski definition) is 4. The first-order valence-corrected chi connectivity index (χ1v) is 9.00. The van der Waals surface area contributed by atoms with Crippen LogP contribution in [0.1, 0.15) is 17.2 Å². The minimum absolute atomic E-state index is 0.0757. The molecule has 3 aromatic carbocycles. The van der Waals surface area contributed by atoms with Gasteiger partial charge in [-0.3, -0.25) is 4.79 Å². The van der Waals surface area contributed by atoms with E-state index in [4.69, 9.17) is 5.73 Å². The molecule has 0 radical (unpaired) electrons. The van der Waals surface area contributed by atoms with Crippen molar-refractivity contribution in [3.05, 3.63) is 94.4 Å². The maximum absolute atomic E-state index is 12.1. The van der Waals surface area contributed by atoms with Gasteiger partial charge in [0.25, 0.3) is 5.56 Å². The Labute approximate surface area is 161 Å². The van der Waals surface area contributed by atoms with E-state index in [0.717, 1.165) is 22.3 Å². The predicted octanol–water partition coefficient (Wildman–Crippen LogP) is 3.85. The molecule has 4 rings (SSSR count). The highest BCUT2D eigenvalue weighted by atomic mass is 16.3. The van der Waals surface area contributed by atoms with Gasteiger partial charge < -0.3 is 20.9 Å². The first kappa shape index (κ1) is 17.8. The Morgan fingerprint density at radius 3 is 2.36 bits per heavy atom. The average Bonchev–Trinajstić information content (AvgIpc) is 2.71. The van der Waals surface area contributed by atoms with E-state index in [9.17, 15) is 15.0 Å². The van der Waals surface area contributed by atoms with Gasteiger partial charge in [0.1, 0.15) is 11.5 Å². The maximum atomic E-state index is 12.1. The summed E-state index contributed by atoms with van der Waals surface area (Å²) in [7, 11) is 0. The van der Waals surface area contributed by atoms with E-state index >= 15 is 0 Å². The average molecular weight is 372 g/mol. The highest BCUT2D eigenvalue weighted by Gasteiger charge is 2.12. The highest BCUT2D eigenvalue weighted by Crippen LogP contribution is 2.33. The monoisotopic (exact) mass is 372 g/mol. The van der Waals surface area contributed by atoms with Crippen molar-refractivity contribution in [2.45, 2.75) is 12.5 Å². The first-order chi connectivity index (χ1) is 13.5. The summed E-state index contributed by atoms with van der Waals surface area (Å²) in [5.41, 5.74) is 9.77. The molecule has 0 spiro atoms. The van der Waals surface area contributed by atoms with Crippen LogP contribution in [-0.2, 0) is 6.42 Å². The zero-order chi connectivity index (χ0) is 19.7. The zero-order valence-electron chi connectivity index (χ0n) is 15.1. The van der Waals surface area contributed by atoms with E-state index in [1.54, 1.807) is 36.5 Å². The van der Waals surface area contributed by atoms with Gasteiger partial charge in [-0.05, 0) is 47.4 Å². The van der Waals surface area contributed by atoms with E-state index < -0.39 is 0 Å². The van der Waals surface area contributed by atoms with Crippen LogP contribution in [0.5, 0.6) is 11.5 Å². The van der Waals surface area contributed by atoms with Crippen LogP contribution in [0.15, 0.2) is 77.7 Å². The van der Waals surface area contributed by atoms with Crippen LogP contribution < -0.4 is 11.3 Å². The Morgan fingerprint density at radius 2 is 1.64 bits per heavy atom. The molecular formula is C23H20N2O3. The van der Waals surface area contributed by atoms with Gasteiger partial charge in [0, 0.05) is 23.2 Å². The number of pyridine rings is 1. The lowest BCUT2D eigenvalue weighted by Crippen LogP contribution is -2.13. The molecular weight excluding hydrogens is 352 g/mol. The Bertz CT molecular complexity index is 1180. The van der Waals surface area contributed by atoms with Crippen LogP contribution in [0.25, 0.3) is 21.9 Å². The first-order valence-electron chi connectivity index (χ1n) is 9.00. The van der Waals surface area contributed by atoms with E-state index in [1.165, 1.54) is 0 Å². The molecule has 1 heterocycles. The number of aromatic hydroxyl groups is 2. The molecule has 1 aromatic heterocycles. The van der Waals surface area contributed by atoms with Crippen LogP contribution >= 0.6 is 0 Å². The van der Waals surface area contributed by atoms with Crippen LogP contribution in [0.3, 0.4) is 0 Å². The molecule has 0 saturated heterocycles. The lowest BCUT2D eigenvalue weighted by Gasteiger charge is -2.14. The molecule has 5 nitrogen and oxygen atoms in total. The third-order valence-corrected chi connectivity index (χ3v) is 4.95. The summed E-state index contributed by atoms with van der Waals surface area (Å²) in [4.78, 5) is 14.8. The smallest absolute Gasteiger partial charge is 0.255 e. The number of aromatic nitrogens is 1. The number of nitrogens with two attached hydrogens (primary N) is 1. The number of fused-ring (bicyclic) bond motifs is 1. The molecule has 0 bridgehead atoms. The van der Waals surface area contributed by atoms with Crippen LogP contribution in [-0.4, -0.2) is 15.2 Å². The number of benzene rings is 3. The van der Waals surface area contributed by atoms with Gasteiger partial charge in [-0.2, -0.15) is 0 Å². The molecule has 140 valence electrons. The summed E-state index contributed by atoms with van der Waals surface area (Å²) in [5.74, 6) is 0.310.